The van der Waals surface area contributed by atoms with Crippen molar-refractivity contribution in [2.45, 2.75) is 39.0 Å². The number of nitrogens with zero attached hydrogens (tertiary/aromatic N) is 5. The highest BCUT2D eigenvalue weighted by atomic mass is 19.4. The van der Waals surface area contributed by atoms with Gasteiger partial charge in [0.05, 0.1) is 24.3 Å². The van der Waals surface area contributed by atoms with E-state index in [1.165, 1.54) is 22.9 Å². The van der Waals surface area contributed by atoms with E-state index in [1.54, 1.807) is 6.92 Å². The van der Waals surface area contributed by atoms with Gasteiger partial charge in [0, 0.05) is 26.2 Å². The first-order chi connectivity index (χ1) is 17.0. The average molecular weight is 502 g/mol. The molecule has 2 aliphatic heterocycles. The number of amides is 5. The minimum Gasteiger partial charge on any atom is -0.330 e. The lowest BCUT2D eigenvalue weighted by Crippen LogP contribution is -2.47. The summed E-state index contributed by atoms with van der Waals surface area (Å²) < 4.78 is 38.4. The summed E-state index contributed by atoms with van der Waals surface area (Å²) in [4.78, 5) is 43.8. The smallest absolute Gasteiger partial charge is 0.330 e. The van der Waals surface area contributed by atoms with Gasteiger partial charge in [-0.15, -0.1) is 0 Å². The molecule has 0 unspecified atom stereocenters. The number of hydrazone groups is 1. The highest BCUT2D eigenvalue weighted by Crippen LogP contribution is 2.28. The molecule has 9 nitrogen and oxygen atoms in total. The number of aryl methyl sites for hydroxylation is 1. The van der Waals surface area contributed by atoms with Crippen molar-refractivity contribution in [1.29, 1.82) is 0 Å². The zero-order valence-corrected chi connectivity index (χ0v) is 19.9. The summed E-state index contributed by atoms with van der Waals surface area (Å²) in [5.74, 6) is -0.358. The van der Waals surface area contributed by atoms with Crippen molar-refractivity contribution in [3.8, 4) is 0 Å². The van der Waals surface area contributed by atoms with Gasteiger partial charge in [0.1, 0.15) is 5.69 Å². The fourth-order valence-electron chi connectivity index (χ4n) is 4.14. The van der Waals surface area contributed by atoms with Gasteiger partial charge in [-0.25, -0.2) is 14.6 Å². The third-order valence-electron chi connectivity index (χ3n) is 6.19. The molecule has 0 radical (unpaired) electrons. The van der Waals surface area contributed by atoms with E-state index < -0.39 is 36.0 Å². The zero-order valence-electron chi connectivity index (χ0n) is 19.9. The van der Waals surface area contributed by atoms with E-state index in [-0.39, 0.29) is 19.0 Å². The van der Waals surface area contributed by atoms with Crippen LogP contribution in [0.2, 0.25) is 0 Å². The van der Waals surface area contributed by atoms with Crippen molar-refractivity contribution in [3.05, 3.63) is 65.0 Å². The number of nitrogens with one attached hydrogen (secondary N) is 1. The topological polar surface area (TPSA) is 98.2 Å². The number of pyridine rings is 1. The van der Waals surface area contributed by atoms with Gasteiger partial charge in [-0.05, 0) is 31.0 Å². The molecule has 1 aromatic carbocycles. The van der Waals surface area contributed by atoms with E-state index in [1.807, 2.05) is 31.2 Å². The molecule has 36 heavy (non-hydrogen) atoms. The van der Waals surface area contributed by atoms with Crippen molar-refractivity contribution in [1.82, 2.24) is 25.1 Å². The molecule has 3 heterocycles. The van der Waals surface area contributed by atoms with E-state index in [0.29, 0.717) is 17.8 Å². The van der Waals surface area contributed by atoms with Crippen molar-refractivity contribution in [2.75, 3.05) is 19.6 Å². The van der Waals surface area contributed by atoms with E-state index in [9.17, 15) is 27.6 Å². The Morgan fingerprint density at radius 1 is 1.11 bits per heavy atom. The Hall–Kier alpha value is -3.96. The summed E-state index contributed by atoms with van der Waals surface area (Å²) >= 11 is 0. The minimum atomic E-state index is -4.55. The van der Waals surface area contributed by atoms with Crippen LogP contribution < -0.4 is 5.32 Å². The molecule has 1 aromatic heterocycles. The van der Waals surface area contributed by atoms with Gasteiger partial charge in [0.25, 0.3) is 0 Å². The Balaban J connectivity index is 1.54. The standard InChI is InChI=1S/C24H25F3N6O3/c1-14-4-6-17(7-5-14)21-19(32-11-10-31(16(3)34)23(32)36)13-33(30-21)22(35)29-15(2)18-8-9-20(28-12-18)24(25,26)27/h4-9,12,15,19H,10-11,13H2,1-3H3,(H,29,35)/t15-,19-/m1/s1. The van der Waals surface area contributed by atoms with Crippen LogP contribution in [0.25, 0.3) is 0 Å². The summed E-state index contributed by atoms with van der Waals surface area (Å²) in [7, 11) is 0. The number of carbonyl (C=O) groups is 3. The Bertz CT molecular complexity index is 1200. The van der Waals surface area contributed by atoms with Crippen LogP contribution >= 0.6 is 0 Å². The van der Waals surface area contributed by atoms with Crippen LogP contribution in [0, 0.1) is 6.92 Å². The molecule has 0 aliphatic carbocycles. The molecule has 2 atom stereocenters. The van der Waals surface area contributed by atoms with E-state index in [4.69, 9.17) is 0 Å². The molecule has 4 rings (SSSR count). The van der Waals surface area contributed by atoms with E-state index >= 15 is 0 Å². The summed E-state index contributed by atoms with van der Waals surface area (Å²) in [5.41, 5.74) is 1.64. The monoisotopic (exact) mass is 502 g/mol. The van der Waals surface area contributed by atoms with Crippen LogP contribution in [0.3, 0.4) is 0 Å². The fraction of sp³-hybridized carbons (Fsp3) is 0.375. The van der Waals surface area contributed by atoms with E-state index in [2.05, 4.69) is 15.4 Å². The first-order valence-corrected chi connectivity index (χ1v) is 11.3. The zero-order chi connectivity index (χ0) is 26.2. The lowest BCUT2D eigenvalue weighted by atomic mass is 10.0. The molecule has 190 valence electrons. The quantitative estimate of drug-likeness (QED) is 0.692. The number of hydrogen-bond donors (Lipinski definition) is 1. The number of urea groups is 2. The highest BCUT2D eigenvalue weighted by molar-refractivity contribution is 6.08. The third-order valence-corrected chi connectivity index (χ3v) is 6.19. The second-order valence-corrected chi connectivity index (χ2v) is 8.74. The predicted octanol–water partition coefficient (Wildman–Crippen LogP) is 3.55. The summed E-state index contributed by atoms with van der Waals surface area (Å²) in [6.07, 6.45) is -3.48. The van der Waals surface area contributed by atoms with Gasteiger partial charge in [-0.3, -0.25) is 14.7 Å². The maximum Gasteiger partial charge on any atom is 0.433 e. The molecule has 1 saturated heterocycles. The average Bonchev–Trinajstić information content (AvgIpc) is 3.43. The number of rotatable bonds is 4. The van der Waals surface area contributed by atoms with Crippen molar-refractivity contribution >= 4 is 23.7 Å². The second kappa shape index (κ2) is 9.59. The fourth-order valence-corrected chi connectivity index (χ4v) is 4.14. The Kier molecular flexibility index (Phi) is 6.70. The predicted molar refractivity (Wildman–Crippen MR) is 124 cm³/mol. The summed E-state index contributed by atoms with van der Waals surface area (Å²) in [5, 5.41) is 8.40. The van der Waals surface area contributed by atoms with Gasteiger partial charge >= 0.3 is 18.2 Å². The molecule has 0 saturated carbocycles. The molecule has 5 amide bonds. The van der Waals surface area contributed by atoms with Crippen molar-refractivity contribution in [2.24, 2.45) is 5.10 Å². The highest BCUT2D eigenvalue weighted by Gasteiger charge is 2.43. The number of halogens is 3. The van der Waals surface area contributed by atoms with Gasteiger partial charge < -0.3 is 10.2 Å². The van der Waals surface area contributed by atoms with Crippen molar-refractivity contribution in [3.63, 3.8) is 0 Å². The van der Waals surface area contributed by atoms with Crippen LogP contribution in [0.15, 0.2) is 47.7 Å². The van der Waals surface area contributed by atoms with Crippen LogP contribution in [0.1, 0.15) is 42.3 Å². The van der Waals surface area contributed by atoms with Crippen LogP contribution in [0.4, 0.5) is 22.8 Å². The normalized spacial score (nSPS) is 18.9. The number of imide groups is 1. The molecular weight excluding hydrogens is 477 g/mol. The largest absolute Gasteiger partial charge is 0.433 e. The summed E-state index contributed by atoms with van der Waals surface area (Å²) in [6.45, 7) is 5.48. The minimum absolute atomic E-state index is 0.0600. The number of alkyl halides is 3. The van der Waals surface area contributed by atoms with Crippen LogP contribution in [-0.4, -0.2) is 69.1 Å². The number of aromatic nitrogens is 1. The Morgan fingerprint density at radius 3 is 2.36 bits per heavy atom. The molecule has 2 aliphatic rings. The van der Waals surface area contributed by atoms with Crippen LogP contribution in [0.5, 0.6) is 0 Å². The maximum atomic E-state index is 13.0. The maximum absolute atomic E-state index is 13.0. The number of carbonyl (C=O) groups excluding carboxylic acids is 3. The van der Waals surface area contributed by atoms with Gasteiger partial charge in [-0.2, -0.15) is 18.3 Å². The Labute approximate surface area is 205 Å². The van der Waals surface area contributed by atoms with Gasteiger partial charge in [0.15, 0.2) is 0 Å². The first-order valence-electron chi connectivity index (χ1n) is 11.3. The third kappa shape index (κ3) is 5.02. The Morgan fingerprint density at radius 2 is 1.81 bits per heavy atom. The second-order valence-electron chi connectivity index (χ2n) is 8.74. The summed E-state index contributed by atoms with van der Waals surface area (Å²) in [6, 6.07) is 7.36. The first kappa shape index (κ1) is 25.1. The van der Waals surface area contributed by atoms with Gasteiger partial charge in [-0.1, -0.05) is 35.9 Å². The van der Waals surface area contributed by atoms with Crippen molar-refractivity contribution < 1.29 is 27.6 Å². The molecule has 2 aromatic rings. The number of hydrogen-bond acceptors (Lipinski definition) is 5. The van der Waals surface area contributed by atoms with E-state index in [0.717, 1.165) is 28.3 Å². The SMILES string of the molecule is CC(=O)N1CCN([C@@H]2CN(C(=O)N[C@H](C)c3ccc(C(F)(F)F)nc3)N=C2c2ccc(C)cc2)C1=O. The van der Waals surface area contributed by atoms with Gasteiger partial charge in [0.2, 0.25) is 5.91 Å². The molecule has 0 spiro atoms. The lowest BCUT2D eigenvalue weighted by molar-refractivity contribution is -0.141. The molecule has 12 heteroatoms. The van der Waals surface area contributed by atoms with Crippen LogP contribution in [-0.2, 0) is 11.0 Å². The molecule has 1 fully saturated rings. The number of benzene rings is 1. The molecule has 1 N–H and O–H groups in total. The molecular formula is C24H25F3N6O3. The molecule has 0 bridgehead atoms. The lowest BCUT2D eigenvalue weighted by Gasteiger charge is -2.25.